The number of hydrogen-bond acceptors (Lipinski definition) is 3. The first kappa shape index (κ1) is 13.1. The molecule has 1 aromatic carbocycles. The molecule has 0 radical (unpaired) electrons. The van der Waals surface area contributed by atoms with Gasteiger partial charge in [0, 0.05) is 24.9 Å². The molecule has 2 saturated heterocycles. The molecule has 3 atom stereocenters. The lowest BCUT2D eigenvalue weighted by Gasteiger charge is -2.37. The molecule has 2 heterocycles. The van der Waals surface area contributed by atoms with Crippen molar-refractivity contribution in [2.24, 2.45) is 0 Å². The van der Waals surface area contributed by atoms with E-state index in [-0.39, 0.29) is 18.2 Å². The monoisotopic (exact) mass is 277 g/mol. The van der Waals surface area contributed by atoms with Crippen LogP contribution in [-0.2, 0) is 0 Å². The van der Waals surface area contributed by atoms with Crippen LogP contribution in [0, 0.1) is 0 Å². The number of ether oxygens (including phenoxy) is 2. The van der Waals surface area contributed by atoms with Gasteiger partial charge in [-0.05, 0) is 37.1 Å². The second kappa shape index (κ2) is 5.23. The number of fused-ring (bicyclic) bond motifs is 2. The van der Waals surface area contributed by atoms with Crippen LogP contribution in [0.15, 0.2) is 24.3 Å². The van der Waals surface area contributed by atoms with Crippen LogP contribution >= 0.6 is 0 Å². The van der Waals surface area contributed by atoms with Gasteiger partial charge in [-0.2, -0.15) is 0 Å². The smallest absolute Gasteiger partial charge is 0.407 e. The van der Waals surface area contributed by atoms with Gasteiger partial charge < -0.3 is 19.5 Å². The molecule has 1 aromatic rings. The number of carboxylic acid groups (broad SMARTS) is 1. The molecule has 0 aliphatic carbocycles. The molecule has 0 spiro atoms. The summed E-state index contributed by atoms with van der Waals surface area (Å²) in [7, 11) is 1.63. The Morgan fingerprint density at radius 3 is 2.20 bits per heavy atom. The Labute approximate surface area is 118 Å². The normalized spacial score (nSPS) is 28.2. The molecule has 0 aromatic heterocycles. The van der Waals surface area contributed by atoms with Crippen molar-refractivity contribution in [3.05, 3.63) is 24.3 Å². The Balaban J connectivity index is 1.64. The second-order valence-corrected chi connectivity index (χ2v) is 5.46. The number of piperidine rings is 1. The van der Waals surface area contributed by atoms with Gasteiger partial charge in [-0.25, -0.2) is 4.79 Å². The Morgan fingerprint density at radius 2 is 1.70 bits per heavy atom. The van der Waals surface area contributed by atoms with Gasteiger partial charge in [-0.3, -0.25) is 0 Å². The largest absolute Gasteiger partial charge is 0.497 e. The molecule has 5 heteroatoms. The molecule has 1 amide bonds. The molecule has 2 aliphatic rings. The quantitative estimate of drug-likeness (QED) is 0.923. The predicted molar refractivity (Wildman–Crippen MR) is 73.3 cm³/mol. The molecule has 2 bridgehead atoms. The average Bonchev–Trinajstić information content (AvgIpc) is 2.72. The third kappa shape index (κ3) is 2.40. The van der Waals surface area contributed by atoms with Crippen LogP contribution in [0.4, 0.5) is 4.79 Å². The second-order valence-electron chi connectivity index (χ2n) is 5.46. The predicted octanol–water partition coefficient (Wildman–Crippen LogP) is 2.75. The molecule has 0 unspecified atom stereocenters. The fourth-order valence-electron chi connectivity index (χ4n) is 3.38. The van der Waals surface area contributed by atoms with E-state index in [1.54, 1.807) is 12.0 Å². The lowest BCUT2D eigenvalue weighted by molar-refractivity contribution is 0.0496. The number of rotatable bonds is 3. The summed E-state index contributed by atoms with van der Waals surface area (Å²) in [5, 5.41) is 9.22. The molecular formula is C15H19NO4. The molecule has 2 fully saturated rings. The van der Waals surface area contributed by atoms with E-state index in [2.05, 4.69) is 0 Å². The van der Waals surface area contributed by atoms with Crippen LogP contribution in [0.5, 0.6) is 11.5 Å². The maximum Gasteiger partial charge on any atom is 0.407 e. The van der Waals surface area contributed by atoms with E-state index in [1.807, 2.05) is 24.3 Å². The first-order valence-electron chi connectivity index (χ1n) is 6.99. The summed E-state index contributed by atoms with van der Waals surface area (Å²) in [4.78, 5) is 12.8. The van der Waals surface area contributed by atoms with Crippen molar-refractivity contribution in [3.63, 3.8) is 0 Å². The summed E-state index contributed by atoms with van der Waals surface area (Å²) >= 11 is 0. The van der Waals surface area contributed by atoms with Gasteiger partial charge in [0.2, 0.25) is 0 Å². The average molecular weight is 277 g/mol. The van der Waals surface area contributed by atoms with Gasteiger partial charge in [-0.1, -0.05) is 0 Å². The van der Waals surface area contributed by atoms with Crippen LogP contribution in [0.1, 0.15) is 25.7 Å². The minimum Gasteiger partial charge on any atom is -0.497 e. The molecule has 2 aliphatic heterocycles. The molecular weight excluding hydrogens is 258 g/mol. The maximum absolute atomic E-state index is 11.2. The fourth-order valence-corrected chi connectivity index (χ4v) is 3.38. The highest BCUT2D eigenvalue weighted by Gasteiger charge is 2.44. The van der Waals surface area contributed by atoms with E-state index < -0.39 is 6.09 Å². The van der Waals surface area contributed by atoms with Gasteiger partial charge in [0.25, 0.3) is 0 Å². The standard InChI is InChI=1S/C15H19NO4/c1-19-12-4-6-13(7-5-12)20-14-8-10-2-3-11(9-14)16(10)15(17)18/h4-7,10-11,14H,2-3,8-9H2,1H3,(H,17,18)/t10-,11+,14-. The topological polar surface area (TPSA) is 59.0 Å². The molecule has 0 saturated carbocycles. The minimum absolute atomic E-state index is 0.108. The first-order valence-corrected chi connectivity index (χ1v) is 6.99. The number of methoxy groups -OCH3 is 1. The lowest BCUT2D eigenvalue weighted by Crippen LogP contribution is -2.48. The Bertz CT molecular complexity index is 473. The number of hydrogen-bond donors (Lipinski definition) is 1. The molecule has 5 nitrogen and oxygen atoms in total. The van der Waals surface area contributed by atoms with Crippen molar-refractivity contribution in [1.29, 1.82) is 0 Å². The molecule has 1 N–H and O–H groups in total. The van der Waals surface area contributed by atoms with Crippen LogP contribution in [0.3, 0.4) is 0 Å². The van der Waals surface area contributed by atoms with Gasteiger partial charge >= 0.3 is 6.09 Å². The van der Waals surface area contributed by atoms with E-state index in [9.17, 15) is 9.90 Å². The summed E-state index contributed by atoms with van der Waals surface area (Å²) in [5.41, 5.74) is 0. The Kier molecular flexibility index (Phi) is 3.42. The van der Waals surface area contributed by atoms with Crippen LogP contribution < -0.4 is 9.47 Å². The number of benzene rings is 1. The zero-order valence-electron chi connectivity index (χ0n) is 11.5. The van der Waals surface area contributed by atoms with Gasteiger partial charge in [0.05, 0.1) is 7.11 Å². The van der Waals surface area contributed by atoms with E-state index in [0.717, 1.165) is 37.2 Å². The number of amides is 1. The van der Waals surface area contributed by atoms with Crippen LogP contribution in [0.2, 0.25) is 0 Å². The summed E-state index contributed by atoms with van der Waals surface area (Å²) in [5.74, 6) is 1.62. The van der Waals surface area contributed by atoms with E-state index in [0.29, 0.717) is 0 Å². The summed E-state index contributed by atoms with van der Waals surface area (Å²) in [6.07, 6.45) is 2.81. The van der Waals surface area contributed by atoms with Crippen LogP contribution in [-0.4, -0.2) is 41.4 Å². The molecule has 20 heavy (non-hydrogen) atoms. The van der Waals surface area contributed by atoms with Gasteiger partial charge in [0.15, 0.2) is 0 Å². The van der Waals surface area contributed by atoms with Crippen molar-refractivity contribution in [2.75, 3.05) is 7.11 Å². The third-order valence-electron chi connectivity index (χ3n) is 4.27. The fraction of sp³-hybridized carbons (Fsp3) is 0.533. The van der Waals surface area contributed by atoms with Crippen molar-refractivity contribution in [2.45, 2.75) is 43.9 Å². The van der Waals surface area contributed by atoms with Crippen molar-refractivity contribution in [1.82, 2.24) is 4.90 Å². The highest BCUT2D eigenvalue weighted by molar-refractivity contribution is 5.66. The summed E-state index contributed by atoms with van der Waals surface area (Å²) < 4.78 is 11.1. The summed E-state index contributed by atoms with van der Waals surface area (Å²) in [6.45, 7) is 0. The third-order valence-corrected chi connectivity index (χ3v) is 4.27. The van der Waals surface area contributed by atoms with Gasteiger partial charge in [0.1, 0.15) is 17.6 Å². The van der Waals surface area contributed by atoms with Crippen molar-refractivity contribution < 1.29 is 19.4 Å². The molecule has 108 valence electrons. The molecule has 3 rings (SSSR count). The highest BCUT2D eigenvalue weighted by atomic mass is 16.5. The van der Waals surface area contributed by atoms with Crippen LogP contribution in [0.25, 0.3) is 0 Å². The van der Waals surface area contributed by atoms with Crippen molar-refractivity contribution in [3.8, 4) is 11.5 Å². The Morgan fingerprint density at radius 1 is 1.15 bits per heavy atom. The zero-order chi connectivity index (χ0) is 14.1. The number of nitrogens with zero attached hydrogens (tertiary/aromatic N) is 1. The van der Waals surface area contributed by atoms with E-state index in [1.165, 1.54) is 0 Å². The van der Waals surface area contributed by atoms with E-state index >= 15 is 0 Å². The zero-order valence-corrected chi connectivity index (χ0v) is 11.5. The lowest BCUT2D eigenvalue weighted by atomic mass is 10.0. The Hall–Kier alpha value is -1.91. The minimum atomic E-state index is -0.791. The first-order chi connectivity index (χ1) is 9.67. The maximum atomic E-state index is 11.2. The number of carbonyl (C=O) groups is 1. The van der Waals surface area contributed by atoms with Crippen molar-refractivity contribution >= 4 is 6.09 Å². The SMILES string of the molecule is COc1ccc(O[C@@H]2C[C@H]3CC[C@@H](C2)N3C(=O)O)cc1. The summed E-state index contributed by atoms with van der Waals surface area (Å²) in [6, 6.07) is 7.77. The van der Waals surface area contributed by atoms with E-state index in [4.69, 9.17) is 9.47 Å². The highest BCUT2D eigenvalue weighted by Crippen LogP contribution is 2.37. The van der Waals surface area contributed by atoms with Gasteiger partial charge in [-0.15, -0.1) is 0 Å².